The molecule has 2 aliphatic rings. The smallest absolute Gasteiger partial charge is 0.401 e. The molecule has 0 fully saturated rings. The van der Waals surface area contributed by atoms with E-state index in [-0.39, 0.29) is 6.54 Å². The molecule has 2 aromatic rings. The van der Waals surface area contributed by atoms with Gasteiger partial charge in [-0.25, -0.2) is 8.78 Å². The zero-order valence-electron chi connectivity index (χ0n) is 30.2. The molecule has 0 saturated carbocycles. The van der Waals surface area contributed by atoms with E-state index in [0.717, 1.165) is 45.7 Å². The van der Waals surface area contributed by atoms with Crippen molar-refractivity contribution in [2.24, 2.45) is 0 Å². The molecule has 2 aliphatic heterocycles. The van der Waals surface area contributed by atoms with Gasteiger partial charge in [-0.2, -0.15) is 13.2 Å². The van der Waals surface area contributed by atoms with Gasteiger partial charge in [0.2, 0.25) is 0 Å². The fourth-order valence-electron chi connectivity index (χ4n) is 5.32. The maximum atomic E-state index is 12.5. The Balaban J connectivity index is 0. The molecule has 0 radical (unpaired) electrons. The van der Waals surface area contributed by atoms with Crippen LogP contribution in [-0.4, -0.2) is 62.8 Å². The van der Waals surface area contributed by atoms with E-state index in [4.69, 9.17) is 9.47 Å². The van der Waals surface area contributed by atoms with E-state index in [2.05, 4.69) is 13.8 Å². The van der Waals surface area contributed by atoms with E-state index in [1.165, 1.54) is 10.5 Å². The van der Waals surface area contributed by atoms with Crippen LogP contribution in [0.3, 0.4) is 0 Å². The third kappa shape index (κ3) is 14.7. The number of hydrogen-bond acceptors (Lipinski definition) is 4. The summed E-state index contributed by atoms with van der Waals surface area (Å²) >= 11 is 0. The lowest BCUT2D eigenvalue weighted by molar-refractivity contribution is -0.147. The molecule has 0 unspecified atom stereocenters. The zero-order valence-corrected chi connectivity index (χ0v) is 30.2. The average molecular weight is 649 g/mol. The van der Waals surface area contributed by atoms with Crippen LogP contribution in [0.2, 0.25) is 0 Å². The molecule has 0 aliphatic carbocycles. The molecule has 4 nitrogen and oxygen atoms in total. The predicted octanol–water partition coefficient (Wildman–Crippen LogP) is 10.5. The largest absolute Gasteiger partial charge is 0.496 e. The van der Waals surface area contributed by atoms with Crippen molar-refractivity contribution in [3.05, 3.63) is 57.6 Å². The molecule has 0 N–H and O–H groups in total. The van der Waals surface area contributed by atoms with Crippen molar-refractivity contribution in [3.8, 4) is 11.5 Å². The lowest BCUT2D eigenvalue weighted by Crippen LogP contribution is -2.38. The van der Waals surface area contributed by atoms with Gasteiger partial charge in [0.25, 0.3) is 6.43 Å². The van der Waals surface area contributed by atoms with Gasteiger partial charge >= 0.3 is 6.18 Å². The van der Waals surface area contributed by atoms with E-state index in [1.807, 2.05) is 86.6 Å². The van der Waals surface area contributed by atoms with Gasteiger partial charge in [0.05, 0.1) is 27.3 Å². The molecule has 0 aromatic heterocycles. The molecule has 0 spiro atoms. The monoisotopic (exact) mass is 648 g/mol. The summed E-state index contributed by atoms with van der Waals surface area (Å²) in [6.07, 6.45) is -4.91. The molecule has 2 heterocycles. The first-order valence-corrected chi connectivity index (χ1v) is 16.6. The van der Waals surface area contributed by atoms with Crippen LogP contribution < -0.4 is 9.47 Å². The van der Waals surface area contributed by atoms with Gasteiger partial charge in [0, 0.05) is 31.7 Å². The van der Waals surface area contributed by atoms with Crippen molar-refractivity contribution in [2.45, 2.75) is 121 Å². The number of methoxy groups -OCH3 is 2. The van der Waals surface area contributed by atoms with Crippen molar-refractivity contribution in [1.29, 1.82) is 0 Å². The third-order valence-electron chi connectivity index (χ3n) is 7.03. The minimum atomic E-state index is -4.13. The quantitative estimate of drug-likeness (QED) is 0.291. The summed E-state index contributed by atoms with van der Waals surface area (Å²) in [7, 11) is 3.26. The van der Waals surface area contributed by atoms with E-state index in [0.29, 0.717) is 38.5 Å². The molecule has 0 saturated heterocycles. The lowest BCUT2D eigenvalue weighted by Gasteiger charge is -2.32. The van der Waals surface area contributed by atoms with Gasteiger partial charge in [-0.1, -0.05) is 81.4 Å². The number of alkyl halides is 5. The van der Waals surface area contributed by atoms with Crippen LogP contribution in [0.25, 0.3) is 0 Å². The highest BCUT2D eigenvalue weighted by Crippen LogP contribution is 2.35. The number of fused-ring (bicyclic) bond motifs is 2. The Morgan fingerprint density at radius 1 is 0.711 bits per heavy atom. The predicted molar refractivity (Wildman–Crippen MR) is 180 cm³/mol. The first-order valence-electron chi connectivity index (χ1n) is 16.6. The molecule has 0 bridgehead atoms. The Morgan fingerprint density at radius 2 is 1.22 bits per heavy atom. The fourth-order valence-corrected chi connectivity index (χ4v) is 5.32. The van der Waals surface area contributed by atoms with Crippen LogP contribution >= 0.6 is 0 Å². The van der Waals surface area contributed by atoms with E-state index >= 15 is 0 Å². The number of nitrogens with zero attached hydrogens (tertiary/aromatic N) is 2. The highest BCUT2D eigenvalue weighted by atomic mass is 19.4. The van der Waals surface area contributed by atoms with Crippen LogP contribution in [-0.2, 0) is 25.9 Å². The average Bonchev–Trinajstić information content (AvgIpc) is 3.04. The number of halogens is 5. The maximum Gasteiger partial charge on any atom is 0.401 e. The summed E-state index contributed by atoms with van der Waals surface area (Å²) in [5.41, 5.74) is 6.77. The summed E-state index contributed by atoms with van der Waals surface area (Å²) in [4.78, 5) is 3.26. The fraction of sp³-hybridized carbons (Fsp3) is 0.667. The van der Waals surface area contributed by atoms with Crippen molar-refractivity contribution in [3.63, 3.8) is 0 Å². The Hall–Kier alpha value is -2.39. The van der Waals surface area contributed by atoms with Crippen LogP contribution in [0.1, 0.15) is 109 Å². The molecule has 0 amide bonds. The first kappa shape index (κ1) is 44.7. The second-order valence-electron chi connectivity index (χ2n) is 9.96. The lowest BCUT2D eigenvalue weighted by atomic mass is 9.88. The molecular formula is C36H61F5N2O2. The van der Waals surface area contributed by atoms with Gasteiger partial charge in [0.15, 0.2) is 0 Å². The standard InChI is InChI=1S/C15H20F3NO.C13H17F2NO.4C2H6/c1-10(2)14-12-6-7-19(9-15(16,17)18)8-11(12)4-5-13(14)20-3;1-9-11-7-16(8-13(14)15)6-5-10(11)3-4-12(9)17-2;4*1-2/h4-5,10H,6-9H2,1-3H3;3-4,13H,5-8H2,1-2H3;4*1-2H3. The SMILES string of the molecule is CC.CC.CC.CC.COc1ccc2c(c1C(C)C)CCN(CC(F)(F)F)C2.COc1ccc2c(c1C)CN(CC(F)F)CC2. The number of ether oxygens (including phenoxy) is 2. The second kappa shape index (κ2) is 23.9. The molecule has 45 heavy (non-hydrogen) atoms. The highest BCUT2D eigenvalue weighted by molar-refractivity contribution is 5.48. The van der Waals surface area contributed by atoms with Gasteiger partial charge in [-0.15, -0.1) is 0 Å². The summed E-state index contributed by atoms with van der Waals surface area (Å²) in [6, 6.07) is 7.76. The van der Waals surface area contributed by atoms with Gasteiger partial charge in [-0.05, 0) is 65.6 Å². The van der Waals surface area contributed by atoms with Gasteiger partial charge in [-0.3, -0.25) is 9.80 Å². The summed E-state index contributed by atoms with van der Waals surface area (Å²) in [6.45, 7) is 23.3. The Kier molecular flexibility index (Phi) is 23.7. The molecule has 262 valence electrons. The van der Waals surface area contributed by atoms with E-state index < -0.39 is 19.1 Å². The van der Waals surface area contributed by atoms with Crippen molar-refractivity contribution in [1.82, 2.24) is 9.80 Å². The van der Waals surface area contributed by atoms with Crippen molar-refractivity contribution >= 4 is 0 Å². The minimum absolute atomic E-state index is 0.143. The normalized spacial score (nSPS) is 13.9. The summed E-state index contributed by atoms with van der Waals surface area (Å²) in [5, 5.41) is 0. The molecule has 4 rings (SSSR count). The zero-order chi connectivity index (χ0) is 35.3. The van der Waals surface area contributed by atoms with E-state index in [9.17, 15) is 22.0 Å². The molecule has 2 aromatic carbocycles. The minimum Gasteiger partial charge on any atom is -0.496 e. The van der Waals surface area contributed by atoms with Gasteiger partial charge < -0.3 is 9.47 Å². The first-order chi connectivity index (χ1) is 21.4. The Bertz CT molecular complexity index is 1060. The summed E-state index contributed by atoms with van der Waals surface area (Å²) < 4.78 is 72.8. The van der Waals surface area contributed by atoms with E-state index in [1.54, 1.807) is 19.1 Å². The molecule has 9 heteroatoms. The van der Waals surface area contributed by atoms with Crippen LogP contribution in [0.4, 0.5) is 22.0 Å². The Labute approximate surface area is 271 Å². The van der Waals surface area contributed by atoms with Crippen LogP contribution in [0.15, 0.2) is 24.3 Å². The second-order valence-corrected chi connectivity index (χ2v) is 9.96. The molecule has 0 atom stereocenters. The Morgan fingerprint density at radius 3 is 1.71 bits per heavy atom. The number of rotatable bonds is 6. The maximum absolute atomic E-state index is 12.5. The van der Waals surface area contributed by atoms with Crippen LogP contribution in [0, 0.1) is 6.92 Å². The van der Waals surface area contributed by atoms with Crippen LogP contribution in [0.5, 0.6) is 11.5 Å². The van der Waals surface area contributed by atoms with Gasteiger partial charge in [0.1, 0.15) is 11.5 Å². The highest BCUT2D eigenvalue weighted by Gasteiger charge is 2.33. The third-order valence-corrected chi connectivity index (χ3v) is 7.03. The molecular weight excluding hydrogens is 587 g/mol. The number of hydrogen-bond donors (Lipinski definition) is 0. The van der Waals surface area contributed by atoms with Crippen molar-refractivity contribution < 1.29 is 31.4 Å². The topological polar surface area (TPSA) is 24.9 Å². The summed E-state index contributed by atoms with van der Waals surface area (Å²) in [5.74, 6) is 1.97. The number of benzene rings is 2. The van der Waals surface area contributed by atoms with Crippen molar-refractivity contribution in [2.75, 3.05) is 40.4 Å².